The number of benzene rings is 1. The van der Waals surface area contributed by atoms with Crippen LogP contribution in [-0.4, -0.2) is 12.6 Å². The fraction of sp³-hybridized carbons (Fsp3) is 0.625. The van der Waals surface area contributed by atoms with Crippen molar-refractivity contribution in [1.82, 2.24) is 5.32 Å². The van der Waals surface area contributed by atoms with Gasteiger partial charge in [-0.05, 0) is 49.3 Å². The highest BCUT2D eigenvalue weighted by Gasteiger charge is 2.49. The Morgan fingerprint density at radius 3 is 2.68 bits per heavy atom. The van der Waals surface area contributed by atoms with E-state index in [2.05, 4.69) is 26.1 Å². The van der Waals surface area contributed by atoms with E-state index in [0.29, 0.717) is 34.4 Å². The first kappa shape index (κ1) is 14.8. The number of rotatable bonds is 6. The standard InChI is InChI=1S/C16H23ClFN/c1-4-8-19-15(12-10-16(12,2)3)9-11-13(17)6-5-7-14(11)18/h5-7,12,15,19H,4,8-10H2,1-3H3. The lowest BCUT2D eigenvalue weighted by Gasteiger charge is -2.21. The summed E-state index contributed by atoms with van der Waals surface area (Å²) in [6.07, 6.45) is 2.98. The van der Waals surface area contributed by atoms with Crippen LogP contribution in [0.3, 0.4) is 0 Å². The van der Waals surface area contributed by atoms with E-state index in [0.717, 1.165) is 13.0 Å². The second-order valence-electron chi connectivity index (χ2n) is 6.26. The Bertz CT molecular complexity index is 424. The molecule has 0 bridgehead atoms. The van der Waals surface area contributed by atoms with E-state index in [1.165, 1.54) is 12.5 Å². The van der Waals surface area contributed by atoms with Gasteiger partial charge in [0, 0.05) is 16.6 Å². The number of halogens is 2. The lowest BCUT2D eigenvalue weighted by atomic mass is 9.96. The molecule has 1 aromatic rings. The van der Waals surface area contributed by atoms with Crippen molar-refractivity contribution < 1.29 is 4.39 Å². The first-order chi connectivity index (χ1) is 8.95. The van der Waals surface area contributed by atoms with E-state index in [-0.39, 0.29) is 5.82 Å². The van der Waals surface area contributed by atoms with Crippen molar-refractivity contribution in [3.63, 3.8) is 0 Å². The average Bonchev–Trinajstić information content (AvgIpc) is 2.97. The maximum Gasteiger partial charge on any atom is 0.127 e. The third-order valence-corrected chi connectivity index (χ3v) is 4.57. The molecule has 2 atom stereocenters. The molecule has 0 saturated heterocycles. The van der Waals surface area contributed by atoms with E-state index < -0.39 is 0 Å². The molecule has 1 fully saturated rings. The molecule has 0 amide bonds. The molecular weight excluding hydrogens is 261 g/mol. The van der Waals surface area contributed by atoms with Crippen molar-refractivity contribution in [1.29, 1.82) is 0 Å². The molecule has 2 unspecified atom stereocenters. The van der Waals surface area contributed by atoms with Crippen LogP contribution in [0.2, 0.25) is 5.02 Å². The minimum atomic E-state index is -0.186. The Morgan fingerprint density at radius 2 is 2.16 bits per heavy atom. The van der Waals surface area contributed by atoms with E-state index in [4.69, 9.17) is 11.6 Å². The maximum absolute atomic E-state index is 13.9. The average molecular weight is 284 g/mol. The molecular formula is C16H23ClFN. The van der Waals surface area contributed by atoms with Gasteiger partial charge in [-0.3, -0.25) is 0 Å². The Kier molecular flexibility index (Phi) is 4.52. The molecule has 1 aliphatic carbocycles. The van der Waals surface area contributed by atoms with Gasteiger partial charge in [0.25, 0.3) is 0 Å². The number of hydrogen-bond donors (Lipinski definition) is 1. The van der Waals surface area contributed by atoms with Gasteiger partial charge in [-0.25, -0.2) is 4.39 Å². The maximum atomic E-state index is 13.9. The summed E-state index contributed by atoms with van der Waals surface area (Å²) in [5.41, 5.74) is 1.03. The van der Waals surface area contributed by atoms with Gasteiger partial charge in [-0.1, -0.05) is 38.4 Å². The SMILES string of the molecule is CCCNC(Cc1c(F)cccc1Cl)C1CC1(C)C. The van der Waals surface area contributed by atoms with Crippen LogP contribution in [0.5, 0.6) is 0 Å². The van der Waals surface area contributed by atoms with Crippen LogP contribution >= 0.6 is 11.6 Å². The topological polar surface area (TPSA) is 12.0 Å². The van der Waals surface area contributed by atoms with Gasteiger partial charge >= 0.3 is 0 Å². The number of hydrogen-bond acceptors (Lipinski definition) is 1. The van der Waals surface area contributed by atoms with Crippen LogP contribution < -0.4 is 5.32 Å². The molecule has 3 heteroatoms. The molecule has 19 heavy (non-hydrogen) atoms. The lowest BCUT2D eigenvalue weighted by Crippen LogP contribution is -2.35. The van der Waals surface area contributed by atoms with Gasteiger partial charge in [0.15, 0.2) is 0 Å². The van der Waals surface area contributed by atoms with Crippen LogP contribution in [0.25, 0.3) is 0 Å². The first-order valence-electron chi connectivity index (χ1n) is 7.12. The molecule has 0 heterocycles. The second-order valence-corrected chi connectivity index (χ2v) is 6.67. The molecule has 1 N–H and O–H groups in total. The molecule has 0 aromatic heterocycles. The third kappa shape index (κ3) is 3.49. The Labute approximate surface area is 120 Å². The van der Waals surface area contributed by atoms with Gasteiger partial charge in [0.2, 0.25) is 0 Å². The summed E-state index contributed by atoms with van der Waals surface area (Å²) in [6.45, 7) is 7.68. The van der Waals surface area contributed by atoms with E-state index in [1.807, 2.05) is 0 Å². The van der Waals surface area contributed by atoms with Gasteiger partial charge in [0.1, 0.15) is 5.82 Å². The minimum Gasteiger partial charge on any atom is -0.313 e. The third-order valence-electron chi connectivity index (χ3n) is 4.22. The summed E-state index contributed by atoms with van der Waals surface area (Å²) in [4.78, 5) is 0. The molecule has 1 saturated carbocycles. The van der Waals surface area contributed by atoms with Crippen LogP contribution in [0.4, 0.5) is 4.39 Å². The highest BCUT2D eigenvalue weighted by Crippen LogP contribution is 2.54. The van der Waals surface area contributed by atoms with Crippen molar-refractivity contribution in [2.24, 2.45) is 11.3 Å². The zero-order valence-corrected chi connectivity index (χ0v) is 12.7. The molecule has 0 aliphatic heterocycles. The monoisotopic (exact) mass is 283 g/mol. The molecule has 0 spiro atoms. The van der Waals surface area contributed by atoms with Crippen molar-refractivity contribution in [3.05, 3.63) is 34.6 Å². The van der Waals surface area contributed by atoms with Gasteiger partial charge in [-0.2, -0.15) is 0 Å². The summed E-state index contributed by atoms with van der Waals surface area (Å²) in [6, 6.07) is 5.26. The minimum absolute atomic E-state index is 0.186. The van der Waals surface area contributed by atoms with Crippen molar-refractivity contribution in [3.8, 4) is 0 Å². The van der Waals surface area contributed by atoms with Gasteiger partial charge < -0.3 is 5.32 Å². The zero-order chi connectivity index (χ0) is 14.0. The first-order valence-corrected chi connectivity index (χ1v) is 7.49. The Balaban J connectivity index is 2.12. The molecule has 0 radical (unpaired) electrons. The highest BCUT2D eigenvalue weighted by molar-refractivity contribution is 6.31. The normalized spacial score (nSPS) is 22.3. The molecule has 1 aliphatic rings. The van der Waals surface area contributed by atoms with Crippen molar-refractivity contribution >= 4 is 11.6 Å². The largest absolute Gasteiger partial charge is 0.313 e. The van der Waals surface area contributed by atoms with E-state index >= 15 is 0 Å². The van der Waals surface area contributed by atoms with E-state index in [1.54, 1.807) is 12.1 Å². The van der Waals surface area contributed by atoms with E-state index in [9.17, 15) is 4.39 Å². The predicted molar refractivity (Wildman–Crippen MR) is 79.1 cm³/mol. The molecule has 106 valence electrons. The van der Waals surface area contributed by atoms with Crippen LogP contribution in [0, 0.1) is 17.2 Å². The zero-order valence-electron chi connectivity index (χ0n) is 12.0. The number of nitrogens with one attached hydrogen (secondary N) is 1. The smallest absolute Gasteiger partial charge is 0.127 e. The summed E-state index contributed by atoms with van der Waals surface area (Å²) >= 11 is 6.14. The van der Waals surface area contributed by atoms with Crippen LogP contribution in [-0.2, 0) is 6.42 Å². The summed E-state index contributed by atoms with van der Waals surface area (Å²) in [5.74, 6) is 0.434. The van der Waals surface area contributed by atoms with Gasteiger partial charge in [0.05, 0.1) is 0 Å². The second kappa shape index (κ2) is 5.80. The molecule has 1 nitrogen and oxygen atoms in total. The molecule has 2 rings (SSSR count). The summed E-state index contributed by atoms with van der Waals surface area (Å²) < 4.78 is 13.9. The molecule has 1 aromatic carbocycles. The van der Waals surface area contributed by atoms with Gasteiger partial charge in [-0.15, -0.1) is 0 Å². The Morgan fingerprint density at radius 1 is 1.47 bits per heavy atom. The Hall–Kier alpha value is -0.600. The predicted octanol–water partition coefficient (Wildman–Crippen LogP) is 4.44. The van der Waals surface area contributed by atoms with Crippen molar-refractivity contribution in [2.45, 2.75) is 46.1 Å². The van der Waals surface area contributed by atoms with Crippen LogP contribution in [0.15, 0.2) is 18.2 Å². The lowest BCUT2D eigenvalue weighted by molar-refractivity contribution is 0.398. The van der Waals surface area contributed by atoms with Crippen molar-refractivity contribution in [2.75, 3.05) is 6.54 Å². The fourth-order valence-corrected chi connectivity index (χ4v) is 3.07. The quantitative estimate of drug-likeness (QED) is 0.814. The summed E-state index contributed by atoms with van der Waals surface area (Å²) in [7, 11) is 0. The summed E-state index contributed by atoms with van der Waals surface area (Å²) in [5, 5.41) is 4.11. The highest BCUT2D eigenvalue weighted by atomic mass is 35.5. The fourth-order valence-electron chi connectivity index (χ4n) is 2.83. The van der Waals surface area contributed by atoms with Crippen LogP contribution in [0.1, 0.15) is 39.2 Å².